The number of nitrogens with one attached hydrogen (secondary N) is 1. The Bertz CT molecular complexity index is 424. The molecule has 0 bridgehead atoms. The third-order valence-corrected chi connectivity index (χ3v) is 3.88. The Morgan fingerprint density at radius 1 is 1.37 bits per heavy atom. The standard InChI is InChI=1S/C14H19BrN2O.ClH/c1-10-9-17(11(2)8-16-10)14(18)7-12-3-5-13(15)6-4-12;/h3-6,10-11,16H,7-9H2,1-2H3;1H. The zero-order valence-electron chi connectivity index (χ0n) is 11.2. The highest BCUT2D eigenvalue weighted by molar-refractivity contribution is 9.10. The van der Waals surface area contributed by atoms with Gasteiger partial charge in [-0.15, -0.1) is 12.4 Å². The second-order valence-corrected chi connectivity index (χ2v) is 5.92. The molecule has 1 amide bonds. The van der Waals surface area contributed by atoms with E-state index >= 15 is 0 Å². The Balaban J connectivity index is 0.00000180. The van der Waals surface area contributed by atoms with Gasteiger partial charge in [-0.05, 0) is 31.5 Å². The highest BCUT2D eigenvalue weighted by atomic mass is 79.9. The molecule has 1 aliphatic heterocycles. The first-order valence-electron chi connectivity index (χ1n) is 6.33. The number of nitrogens with zero attached hydrogens (tertiary/aromatic N) is 1. The molecular formula is C14H20BrClN2O. The summed E-state index contributed by atoms with van der Waals surface area (Å²) in [6.07, 6.45) is 0.490. The molecule has 0 radical (unpaired) electrons. The van der Waals surface area contributed by atoms with Crippen molar-refractivity contribution < 1.29 is 4.79 Å². The van der Waals surface area contributed by atoms with Gasteiger partial charge < -0.3 is 10.2 Å². The van der Waals surface area contributed by atoms with Crippen molar-refractivity contribution in [2.24, 2.45) is 0 Å². The van der Waals surface area contributed by atoms with Crippen molar-refractivity contribution in [1.82, 2.24) is 10.2 Å². The number of hydrogen-bond acceptors (Lipinski definition) is 2. The highest BCUT2D eigenvalue weighted by Gasteiger charge is 2.26. The molecule has 1 aliphatic rings. The van der Waals surface area contributed by atoms with Crippen LogP contribution in [0.25, 0.3) is 0 Å². The second-order valence-electron chi connectivity index (χ2n) is 5.01. The number of carbonyl (C=O) groups excluding carboxylic acids is 1. The van der Waals surface area contributed by atoms with E-state index in [1.807, 2.05) is 29.2 Å². The molecule has 106 valence electrons. The average Bonchev–Trinajstić information content (AvgIpc) is 2.35. The Morgan fingerprint density at radius 3 is 2.63 bits per heavy atom. The summed E-state index contributed by atoms with van der Waals surface area (Å²) in [6.45, 7) is 5.90. The van der Waals surface area contributed by atoms with Gasteiger partial charge in [-0.3, -0.25) is 4.79 Å². The number of hydrogen-bond donors (Lipinski definition) is 1. The second kappa shape index (κ2) is 7.27. The fraction of sp³-hybridized carbons (Fsp3) is 0.500. The van der Waals surface area contributed by atoms with Gasteiger partial charge in [-0.2, -0.15) is 0 Å². The van der Waals surface area contributed by atoms with E-state index in [0.29, 0.717) is 12.5 Å². The Hall–Kier alpha value is -0.580. The minimum atomic E-state index is 0. The maximum Gasteiger partial charge on any atom is 0.227 e. The number of carbonyl (C=O) groups is 1. The van der Waals surface area contributed by atoms with Gasteiger partial charge in [0.05, 0.1) is 6.42 Å². The van der Waals surface area contributed by atoms with E-state index in [9.17, 15) is 4.79 Å². The van der Waals surface area contributed by atoms with Gasteiger partial charge in [0.1, 0.15) is 0 Å². The quantitative estimate of drug-likeness (QED) is 0.892. The summed E-state index contributed by atoms with van der Waals surface area (Å²) in [4.78, 5) is 14.3. The smallest absolute Gasteiger partial charge is 0.227 e. The summed E-state index contributed by atoms with van der Waals surface area (Å²) in [5, 5.41) is 3.39. The maximum atomic E-state index is 12.3. The molecule has 1 saturated heterocycles. The molecule has 19 heavy (non-hydrogen) atoms. The Morgan fingerprint density at radius 2 is 2.00 bits per heavy atom. The van der Waals surface area contributed by atoms with Crippen LogP contribution >= 0.6 is 28.3 Å². The lowest BCUT2D eigenvalue weighted by Gasteiger charge is -2.37. The Labute approximate surface area is 129 Å². The van der Waals surface area contributed by atoms with Crippen LogP contribution in [0.5, 0.6) is 0 Å². The third-order valence-electron chi connectivity index (χ3n) is 3.35. The summed E-state index contributed by atoms with van der Waals surface area (Å²) >= 11 is 3.40. The minimum Gasteiger partial charge on any atom is -0.337 e. The van der Waals surface area contributed by atoms with Crippen LogP contribution in [-0.2, 0) is 11.2 Å². The van der Waals surface area contributed by atoms with Crippen LogP contribution in [0.15, 0.2) is 28.7 Å². The lowest BCUT2D eigenvalue weighted by molar-refractivity contribution is -0.133. The molecule has 0 spiro atoms. The number of halogens is 2. The fourth-order valence-electron chi connectivity index (χ4n) is 2.25. The lowest BCUT2D eigenvalue weighted by Crippen LogP contribution is -2.56. The van der Waals surface area contributed by atoms with Crippen molar-refractivity contribution in [2.45, 2.75) is 32.4 Å². The average molecular weight is 348 g/mol. The largest absolute Gasteiger partial charge is 0.337 e. The molecule has 0 aliphatic carbocycles. The molecule has 0 saturated carbocycles. The van der Waals surface area contributed by atoms with E-state index < -0.39 is 0 Å². The van der Waals surface area contributed by atoms with Gasteiger partial charge in [-0.1, -0.05) is 28.1 Å². The van der Waals surface area contributed by atoms with Crippen LogP contribution in [0.2, 0.25) is 0 Å². The first-order valence-corrected chi connectivity index (χ1v) is 7.13. The molecule has 3 nitrogen and oxygen atoms in total. The van der Waals surface area contributed by atoms with Crippen molar-refractivity contribution in [3.63, 3.8) is 0 Å². The van der Waals surface area contributed by atoms with Gasteiger partial charge in [0.15, 0.2) is 0 Å². The topological polar surface area (TPSA) is 32.3 Å². The van der Waals surface area contributed by atoms with E-state index in [-0.39, 0.29) is 24.4 Å². The van der Waals surface area contributed by atoms with E-state index in [4.69, 9.17) is 0 Å². The normalized spacial score (nSPS) is 22.8. The first kappa shape index (κ1) is 16.5. The highest BCUT2D eigenvalue weighted by Crippen LogP contribution is 2.13. The van der Waals surface area contributed by atoms with Gasteiger partial charge in [0, 0.05) is 29.6 Å². The monoisotopic (exact) mass is 346 g/mol. The van der Waals surface area contributed by atoms with Crippen molar-refractivity contribution in [1.29, 1.82) is 0 Å². The van der Waals surface area contributed by atoms with Crippen molar-refractivity contribution in [3.05, 3.63) is 34.3 Å². The predicted octanol–water partition coefficient (Wildman–Crippen LogP) is 2.62. The summed E-state index contributed by atoms with van der Waals surface area (Å²) in [5.74, 6) is 0.221. The molecule has 2 rings (SSSR count). The van der Waals surface area contributed by atoms with Crippen LogP contribution in [0, 0.1) is 0 Å². The molecule has 2 atom stereocenters. The number of amides is 1. The van der Waals surface area contributed by atoms with Crippen molar-refractivity contribution in [3.8, 4) is 0 Å². The van der Waals surface area contributed by atoms with Gasteiger partial charge in [0.25, 0.3) is 0 Å². The number of rotatable bonds is 2. The molecule has 1 fully saturated rings. The predicted molar refractivity (Wildman–Crippen MR) is 83.7 cm³/mol. The third kappa shape index (κ3) is 4.48. The van der Waals surface area contributed by atoms with Crippen LogP contribution in [0.3, 0.4) is 0 Å². The van der Waals surface area contributed by atoms with E-state index in [2.05, 4.69) is 35.1 Å². The first-order chi connectivity index (χ1) is 8.56. The summed E-state index contributed by atoms with van der Waals surface area (Å²) in [7, 11) is 0. The zero-order valence-corrected chi connectivity index (χ0v) is 13.6. The molecule has 1 N–H and O–H groups in total. The Kier molecular flexibility index (Phi) is 6.30. The summed E-state index contributed by atoms with van der Waals surface area (Å²) in [6, 6.07) is 8.62. The molecule has 5 heteroatoms. The van der Waals surface area contributed by atoms with Gasteiger partial charge >= 0.3 is 0 Å². The van der Waals surface area contributed by atoms with Crippen LogP contribution in [0.1, 0.15) is 19.4 Å². The molecule has 1 heterocycles. The van der Waals surface area contributed by atoms with Crippen molar-refractivity contribution >= 4 is 34.2 Å². The van der Waals surface area contributed by atoms with Crippen molar-refractivity contribution in [2.75, 3.05) is 13.1 Å². The van der Waals surface area contributed by atoms with Gasteiger partial charge in [-0.25, -0.2) is 0 Å². The van der Waals surface area contributed by atoms with Crippen LogP contribution in [0.4, 0.5) is 0 Å². The molecular weight excluding hydrogens is 328 g/mol. The number of piperazine rings is 1. The van der Waals surface area contributed by atoms with Gasteiger partial charge in [0.2, 0.25) is 5.91 Å². The lowest BCUT2D eigenvalue weighted by atomic mass is 10.1. The summed E-state index contributed by atoms with van der Waals surface area (Å²) in [5.41, 5.74) is 1.07. The fourth-order valence-corrected chi connectivity index (χ4v) is 2.51. The molecule has 0 aromatic heterocycles. The van der Waals surface area contributed by atoms with Crippen LogP contribution in [-0.4, -0.2) is 36.0 Å². The number of benzene rings is 1. The minimum absolute atomic E-state index is 0. The van der Waals surface area contributed by atoms with E-state index in [1.165, 1.54) is 0 Å². The molecule has 2 unspecified atom stereocenters. The SMILES string of the molecule is CC1CN(C(=O)Cc2ccc(Br)cc2)C(C)CN1.Cl. The maximum absolute atomic E-state index is 12.3. The van der Waals surface area contributed by atoms with E-state index in [1.54, 1.807) is 0 Å². The van der Waals surface area contributed by atoms with E-state index in [0.717, 1.165) is 23.1 Å². The molecule has 1 aromatic rings. The summed E-state index contributed by atoms with van der Waals surface area (Å²) < 4.78 is 1.04. The zero-order chi connectivity index (χ0) is 13.1. The molecule has 1 aromatic carbocycles. The van der Waals surface area contributed by atoms with Crippen LogP contribution < -0.4 is 5.32 Å².